The molecule has 0 spiro atoms. The third-order valence-electron chi connectivity index (χ3n) is 7.62. The molecule has 0 amide bonds. The minimum atomic E-state index is -1.25. The number of aliphatic hydroxyl groups excluding tert-OH is 2. The molecule has 10 nitrogen and oxygen atoms in total. The molecule has 0 bridgehead atoms. The van der Waals surface area contributed by atoms with Crippen LogP contribution < -0.4 is 18.9 Å². The lowest BCUT2D eigenvalue weighted by atomic mass is 9.83. The maximum absolute atomic E-state index is 12.8. The molecule has 1 heterocycles. The zero-order chi connectivity index (χ0) is 29.7. The summed E-state index contributed by atoms with van der Waals surface area (Å²) in [6, 6.07) is 13.3. The van der Waals surface area contributed by atoms with Crippen LogP contribution in [-0.2, 0) is 22.4 Å². The van der Waals surface area contributed by atoms with Gasteiger partial charge in [-0.1, -0.05) is 18.2 Å². The second kappa shape index (κ2) is 13.0. The molecule has 0 radical (unpaired) electrons. The highest BCUT2D eigenvalue weighted by atomic mass is 16.5. The first-order valence-electron chi connectivity index (χ1n) is 13.2. The van der Waals surface area contributed by atoms with Gasteiger partial charge in [0.2, 0.25) is 0 Å². The van der Waals surface area contributed by atoms with Crippen LogP contribution in [0, 0.1) is 11.8 Å². The van der Waals surface area contributed by atoms with Crippen LogP contribution in [0.3, 0.4) is 0 Å². The summed E-state index contributed by atoms with van der Waals surface area (Å²) in [4.78, 5) is 12.8. The van der Waals surface area contributed by atoms with Gasteiger partial charge in [0, 0.05) is 17.4 Å². The fraction of sp³-hybridized carbons (Fsp3) is 0.387. The van der Waals surface area contributed by atoms with E-state index in [-0.39, 0.29) is 47.1 Å². The van der Waals surface area contributed by atoms with Crippen molar-refractivity contribution >= 4 is 5.97 Å². The van der Waals surface area contributed by atoms with E-state index in [2.05, 4.69) is 0 Å². The number of rotatable bonds is 12. The number of hydrogen-bond donors (Lipinski definition) is 4. The van der Waals surface area contributed by atoms with Crippen LogP contribution in [0.5, 0.6) is 34.5 Å². The van der Waals surface area contributed by atoms with Crippen molar-refractivity contribution in [2.24, 2.45) is 11.8 Å². The fourth-order valence-corrected chi connectivity index (χ4v) is 5.34. The smallest absolute Gasteiger partial charge is 0.309 e. The number of aliphatic hydroxyl groups is 2. The number of ether oxygens (including phenoxy) is 5. The van der Waals surface area contributed by atoms with E-state index in [1.165, 1.54) is 32.4 Å². The van der Waals surface area contributed by atoms with Crippen LogP contribution in [0.15, 0.2) is 48.5 Å². The summed E-state index contributed by atoms with van der Waals surface area (Å²) < 4.78 is 26.7. The van der Waals surface area contributed by atoms with Gasteiger partial charge in [-0.3, -0.25) is 4.79 Å². The number of carbonyl (C=O) groups excluding carboxylic acids is 1. The number of methoxy groups -OCH3 is 4. The number of esters is 1. The summed E-state index contributed by atoms with van der Waals surface area (Å²) in [7, 11) is 5.93. The number of cyclic esters (lactones) is 1. The third kappa shape index (κ3) is 6.28. The number of carbonyl (C=O) groups is 1. The van der Waals surface area contributed by atoms with Gasteiger partial charge in [-0.05, 0) is 59.9 Å². The molecular formula is C31H36O10. The Morgan fingerprint density at radius 3 is 2.17 bits per heavy atom. The SMILES string of the molecule is COc1cc([C@@H](O)[C@@H](CO)c2cc(C[C@H]3C(=O)OC[C@H]3Cc3ccc(OC)c(OC)c3)cc(OC)c2O)ccc1O. The Kier molecular flexibility index (Phi) is 9.46. The Labute approximate surface area is 238 Å². The summed E-state index contributed by atoms with van der Waals surface area (Å²) in [6.45, 7) is -0.238. The molecule has 3 aromatic rings. The molecule has 3 aromatic carbocycles. The lowest BCUT2D eigenvalue weighted by molar-refractivity contribution is -0.141. The maximum Gasteiger partial charge on any atom is 0.309 e. The predicted octanol–water partition coefficient (Wildman–Crippen LogP) is 3.52. The number of aromatic hydroxyl groups is 2. The maximum atomic E-state index is 12.8. The first kappa shape index (κ1) is 29.8. The molecule has 0 aliphatic carbocycles. The second-order valence-electron chi connectivity index (χ2n) is 10.00. The normalized spacial score (nSPS) is 18.0. The molecule has 220 valence electrons. The van der Waals surface area contributed by atoms with Crippen molar-refractivity contribution in [2.75, 3.05) is 41.7 Å². The minimum absolute atomic E-state index is 0.0957. The standard InChI is InChI=1S/C31H36O10/c1-37-25-8-5-17(12-27(25)39-3)9-20-16-41-31(36)21(20)10-18-11-22(30(35)28(13-18)40-4)23(15-32)29(34)19-6-7-24(33)26(14-19)38-2/h5-8,11-14,20-21,23,29,32-35H,9-10,15-16H2,1-4H3/t20-,21-,23+,29-/m1/s1. The van der Waals surface area contributed by atoms with Crippen molar-refractivity contribution in [3.05, 3.63) is 70.8 Å². The van der Waals surface area contributed by atoms with E-state index in [0.29, 0.717) is 35.5 Å². The quantitative estimate of drug-likeness (QED) is 0.240. The Bertz CT molecular complexity index is 1370. The lowest BCUT2D eigenvalue weighted by Gasteiger charge is -2.25. The molecule has 0 aromatic heterocycles. The molecule has 1 aliphatic heterocycles. The minimum Gasteiger partial charge on any atom is -0.504 e. The van der Waals surface area contributed by atoms with Crippen molar-refractivity contribution in [2.45, 2.75) is 24.9 Å². The van der Waals surface area contributed by atoms with E-state index in [0.717, 1.165) is 5.56 Å². The van der Waals surface area contributed by atoms with E-state index >= 15 is 0 Å². The van der Waals surface area contributed by atoms with E-state index < -0.39 is 24.5 Å². The molecule has 1 aliphatic rings. The van der Waals surface area contributed by atoms with Crippen molar-refractivity contribution in [3.63, 3.8) is 0 Å². The number of hydrogen-bond acceptors (Lipinski definition) is 10. The predicted molar refractivity (Wildman–Crippen MR) is 149 cm³/mol. The van der Waals surface area contributed by atoms with E-state index in [1.54, 1.807) is 26.4 Å². The molecule has 1 saturated heterocycles. The zero-order valence-electron chi connectivity index (χ0n) is 23.5. The average molecular weight is 569 g/mol. The van der Waals surface area contributed by atoms with Crippen molar-refractivity contribution < 1.29 is 48.9 Å². The number of phenols is 2. The van der Waals surface area contributed by atoms with Gasteiger partial charge < -0.3 is 44.1 Å². The van der Waals surface area contributed by atoms with Gasteiger partial charge in [0.1, 0.15) is 0 Å². The van der Waals surface area contributed by atoms with Gasteiger partial charge in [0.05, 0.1) is 53.7 Å². The monoisotopic (exact) mass is 568 g/mol. The van der Waals surface area contributed by atoms with Crippen molar-refractivity contribution in [3.8, 4) is 34.5 Å². The third-order valence-corrected chi connectivity index (χ3v) is 7.62. The molecular weight excluding hydrogens is 532 g/mol. The average Bonchev–Trinajstić information content (AvgIpc) is 3.32. The van der Waals surface area contributed by atoms with Gasteiger partial charge in [0.15, 0.2) is 34.5 Å². The highest BCUT2D eigenvalue weighted by Crippen LogP contribution is 2.43. The molecule has 1 fully saturated rings. The van der Waals surface area contributed by atoms with E-state index in [1.807, 2.05) is 18.2 Å². The van der Waals surface area contributed by atoms with E-state index in [9.17, 15) is 25.2 Å². The van der Waals surface area contributed by atoms with Gasteiger partial charge in [0.25, 0.3) is 0 Å². The van der Waals surface area contributed by atoms with Crippen molar-refractivity contribution in [1.82, 2.24) is 0 Å². The fourth-order valence-electron chi connectivity index (χ4n) is 5.34. The molecule has 0 saturated carbocycles. The second-order valence-corrected chi connectivity index (χ2v) is 10.00. The van der Waals surface area contributed by atoms with Crippen LogP contribution in [0.25, 0.3) is 0 Å². The van der Waals surface area contributed by atoms with Crippen LogP contribution in [0.1, 0.15) is 34.3 Å². The Balaban J connectivity index is 1.63. The lowest BCUT2D eigenvalue weighted by Crippen LogP contribution is -2.21. The first-order chi connectivity index (χ1) is 19.7. The molecule has 4 rings (SSSR count). The summed E-state index contributed by atoms with van der Waals surface area (Å²) in [5.41, 5.74) is 2.26. The number of phenolic OH excluding ortho intramolecular Hbond substituents is 2. The van der Waals surface area contributed by atoms with Crippen LogP contribution in [0.4, 0.5) is 0 Å². The summed E-state index contributed by atoms with van der Waals surface area (Å²) in [6.07, 6.45) is -0.393. The largest absolute Gasteiger partial charge is 0.504 e. The topological polar surface area (TPSA) is 144 Å². The highest BCUT2D eigenvalue weighted by Gasteiger charge is 2.37. The van der Waals surface area contributed by atoms with Crippen LogP contribution in [0.2, 0.25) is 0 Å². The van der Waals surface area contributed by atoms with Gasteiger partial charge >= 0.3 is 5.97 Å². The molecule has 0 unspecified atom stereocenters. The summed E-state index contributed by atoms with van der Waals surface area (Å²) >= 11 is 0. The van der Waals surface area contributed by atoms with Gasteiger partial charge in [-0.2, -0.15) is 0 Å². The molecule has 41 heavy (non-hydrogen) atoms. The Hall–Kier alpha value is -4.15. The van der Waals surface area contributed by atoms with Gasteiger partial charge in [-0.15, -0.1) is 0 Å². The Morgan fingerprint density at radius 2 is 1.51 bits per heavy atom. The van der Waals surface area contributed by atoms with Gasteiger partial charge in [-0.25, -0.2) is 0 Å². The first-order valence-corrected chi connectivity index (χ1v) is 13.2. The molecule has 4 N–H and O–H groups in total. The molecule has 4 atom stereocenters. The number of benzene rings is 3. The summed E-state index contributed by atoms with van der Waals surface area (Å²) in [5.74, 6) is -0.658. The van der Waals surface area contributed by atoms with Crippen LogP contribution in [-0.4, -0.2) is 68.0 Å². The molecule has 10 heteroatoms. The van der Waals surface area contributed by atoms with Crippen molar-refractivity contribution in [1.29, 1.82) is 0 Å². The highest BCUT2D eigenvalue weighted by molar-refractivity contribution is 5.75. The zero-order valence-corrected chi connectivity index (χ0v) is 23.5. The van der Waals surface area contributed by atoms with E-state index in [4.69, 9.17) is 23.7 Å². The Morgan fingerprint density at radius 1 is 0.829 bits per heavy atom. The summed E-state index contributed by atoms with van der Waals surface area (Å²) in [5, 5.41) is 42.4. The van der Waals surface area contributed by atoms with Crippen LogP contribution >= 0.6 is 0 Å².